The molecule has 4 aromatic rings. The van der Waals surface area contributed by atoms with Crippen LogP contribution in [0.1, 0.15) is 35.7 Å². The van der Waals surface area contributed by atoms with Crippen LogP contribution < -0.4 is 0 Å². The van der Waals surface area contributed by atoms with E-state index >= 15 is 4.39 Å². The van der Waals surface area contributed by atoms with E-state index in [2.05, 4.69) is 44.2 Å². The minimum atomic E-state index is -0.288. The molecular formula is C25H33Cl3FN7. The van der Waals surface area contributed by atoms with E-state index in [0.29, 0.717) is 28.1 Å². The molecule has 0 bridgehead atoms. The van der Waals surface area contributed by atoms with Crippen molar-refractivity contribution in [2.75, 3.05) is 40.3 Å². The Labute approximate surface area is 229 Å². The summed E-state index contributed by atoms with van der Waals surface area (Å²) in [5, 5.41) is 14.1. The van der Waals surface area contributed by atoms with Gasteiger partial charge in [0.15, 0.2) is 5.65 Å². The van der Waals surface area contributed by atoms with E-state index in [1.807, 2.05) is 38.2 Å². The number of aryl methyl sites for hydroxylation is 2. The van der Waals surface area contributed by atoms with Crippen LogP contribution in [0.5, 0.6) is 0 Å². The van der Waals surface area contributed by atoms with Crippen LogP contribution in [0.2, 0.25) is 0 Å². The van der Waals surface area contributed by atoms with Crippen molar-refractivity contribution >= 4 is 53.8 Å². The topological polar surface area (TPSA) is 62.5 Å². The van der Waals surface area contributed by atoms with Gasteiger partial charge in [0.1, 0.15) is 5.82 Å². The first-order valence-corrected chi connectivity index (χ1v) is 11.6. The van der Waals surface area contributed by atoms with Gasteiger partial charge >= 0.3 is 0 Å². The number of fused-ring (bicyclic) bond motifs is 2. The number of rotatable bonds is 5. The molecule has 0 amide bonds. The first-order chi connectivity index (χ1) is 15.9. The highest BCUT2D eigenvalue weighted by Gasteiger charge is 2.23. The second-order valence-electron chi connectivity index (χ2n) is 9.44. The SMILES string of the molecule is Cc1cn2nc(-c3cc(F)c4cc(C5CCN(CCN(C)C)CC5)nnc4c3)cc(C)c2n1.Cl.Cl.Cl. The van der Waals surface area contributed by atoms with Crippen molar-refractivity contribution < 1.29 is 4.39 Å². The van der Waals surface area contributed by atoms with E-state index in [1.54, 1.807) is 10.6 Å². The summed E-state index contributed by atoms with van der Waals surface area (Å²) in [6, 6.07) is 7.25. The molecule has 11 heteroatoms. The Morgan fingerprint density at radius 2 is 1.72 bits per heavy atom. The lowest BCUT2D eigenvalue weighted by Crippen LogP contribution is -2.37. The van der Waals surface area contributed by atoms with Crippen molar-refractivity contribution in [1.82, 2.24) is 34.6 Å². The quantitative estimate of drug-likeness (QED) is 0.341. The number of nitrogens with zero attached hydrogens (tertiary/aromatic N) is 7. The fourth-order valence-electron chi connectivity index (χ4n) is 4.64. The third-order valence-corrected chi connectivity index (χ3v) is 6.57. The molecule has 7 nitrogen and oxygen atoms in total. The number of benzene rings is 1. The lowest BCUT2D eigenvalue weighted by molar-refractivity contribution is 0.192. The highest BCUT2D eigenvalue weighted by Crippen LogP contribution is 2.31. The summed E-state index contributed by atoms with van der Waals surface area (Å²) < 4.78 is 17.0. The van der Waals surface area contributed by atoms with E-state index in [1.165, 1.54) is 0 Å². The summed E-state index contributed by atoms with van der Waals surface area (Å²) in [7, 11) is 4.21. The smallest absolute Gasteiger partial charge is 0.156 e. The molecule has 196 valence electrons. The van der Waals surface area contributed by atoms with Crippen LogP contribution in [0.4, 0.5) is 4.39 Å². The maximum Gasteiger partial charge on any atom is 0.156 e. The molecule has 0 radical (unpaired) electrons. The monoisotopic (exact) mass is 555 g/mol. The fraction of sp³-hybridized carbons (Fsp3) is 0.440. The van der Waals surface area contributed by atoms with E-state index < -0.39 is 0 Å². The predicted molar refractivity (Wildman–Crippen MR) is 150 cm³/mol. The Balaban J connectivity index is 0.00000152. The molecule has 36 heavy (non-hydrogen) atoms. The molecule has 0 N–H and O–H groups in total. The molecule has 0 spiro atoms. The molecule has 1 saturated heterocycles. The number of likely N-dealkylation sites (N-methyl/N-ethyl adjacent to an activating group) is 1. The Morgan fingerprint density at radius 1 is 1.00 bits per heavy atom. The second kappa shape index (κ2) is 12.4. The van der Waals surface area contributed by atoms with Gasteiger partial charge in [-0.2, -0.15) is 15.3 Å². The Kier molecular flexibility index (Phi) is 10.4. The molecule has 0 aliphatic carbocycles. The van der Waals surface area contributed by atoms with Gasteiger partial charge in [-0.25, -0.2) is 13.9 Å². The molecule has 1 aliphatic heterocycles. The maximum atomic E-state index is 15.2. The standard InChI is InChI=1S/C25H30FN7.3ClH/c1-16-11-23(30-33-15-17(2)27-25(16)33)19-12-21(26)20-14-22(28-29-24(20)13-19)18-5-7-32(8-6-18)10-9-31(3)4;;;/h11-15,18H,5-10H2,1-4H3;3*1H. The zero-order valence-corrected chi connectivity index (χ0v) is 23.4. The summed E-state index contributed by atoms with van der Waals surface area (Å²) in [6.45, 7) is 8.16. The predicted octanol–water partition coefficient (Wildman–Crippen LogP) is 5.10. The molecule has 0 unspecified atom stereocenters. The van der Waals surface area contributed by atoms with Crippen LogP contribution in [0.15, 0.2) is 30.5 Å². The number of hydrogen-bond acceptors (Lipinski definition) is 6. The van der Waals surface area contributed by atoms with Crippen molar-refractivity contribution in [2.24, 2.45) is 0 Å². The number of halogens is 4. The van der Waals surface area contributed by atoms with Crippen LogP contribution in [0.25, 0.3) is 27.8 Å². The van der Waals surface area contributed by atoms with Gasteiger partial charge in [0.05, 0.1) is 28.8 Å². The summed E-state index contributed by atoms with van der Waals surface area (Å²) in [6.07, 6.45) is 3.93. The number of imidazole rings is 1. The lowest BCUT2D eigenvalue weighted by atomic mass is 9.92. The number of hydrogen-bond donors (Lipinski definition) is 0. The zero-order chi connectivity index (χ0) is 23.1. The van der Waals surface area contributed by atoms with Gasteiger partial charge in [0, 0.05) is 30.0 Å². The Morgan fingerprint density at radius 3 is 2.42 bits per heavy atom. The summed E-state index contributed by atoms with van der Waals surface area (Å²) >= 11 is 0. The molecule has 0 saturated carbocycles. The van der Waals surface area contributed by atoms with Crippen LogP contribution in [0.3, 0.4) is 0 Å². The highest BCUT2D eigenvalue weighted by molar-refractivity contribution is 5.86. The van der Waals surface area contributed by atoms with Gasteiger partial charge in [-0.15, -0.1) is 37.2 Å². The molecule has 1 aliphatic rings. The van der Waals surface area contributed by atoms with Gasteiger partial charge in [0.25, 0.3) is 0 Å². The normalized spacial score (nSPS) is 14.5. The molecule has 5 rings (SSSR count). The summed E-state index contributed by atoms with van der Waals surface area (Å²) in [5.41, 5.74) is 5.53. The third kappa shape index (κ3) is 6.23. The van der Waals surface area contributed by atoms with Crippen LogP contribution in [-0.2, 0) is 0 Å². The maximum absolute atomic E-state index is 15.2. The van der Waals surface area contributed by atoms with Crippen LogP contribution in [-0.4, -0.2) is 74.9 Å². The van der Waals surface area contributed by atoms with Crippen LogP contribution in [0, 0.1) is 19.7 Å². The highest BCUT2D eigenvalue weighted by atomic mass is 35.5. The van der Waals surface area contributed by atoms with E-state index in [9.17, 15) is 0 Å². The molecule has 1 fully saturated rings. The number of aromatic nitrogens is 5. The average Bonchev–Trinajstić information content (AvgIpc) is 3.18. The number of likely N-dealkylation sites (tertiary alicyclic amines) is 1. The van der Waals surface area contributed by atoms with Crippen molar-refractivity contribution in [1.29, 1.82) is 0 Å². The van der Waals surface area contributed by atoms with E-state index in [-0.39, 0.29) is 43.0 Å². The first-order valence-electron chi connectivity index (χ1n) is 11.6. The van der Waals surface area contributed by atoms with Gasteiger partial charge in [0.2, 0.25) is 0 Å². The van der Waals surface area contributed by atoms with Crippen LogP contribution >= 0.6 is 37.2 Å². The van der Waals surface area contributed by atoms with Gasteiger partial charge in [-0.3, -0.25) is 0 Å². The Hall–Kier alpha value is -2.10. The lowest BCUT2D eigenvalue weighted by Gasteiger charge is -2.32. The third-order valence-electron chi connectivity index (χ3n) is 6.57. The van der Waals surface area contributed by atoms with Gasteiger partial charge in [-0.05, 0) is 83.7 Å². The first kappa shape index (κ1) is 30.1. The molecular weight excluding hydrogens is 524 g/mol. The molecule has 4 heterocycles. The zero-order valence-electron chi connectivity index (χ0n) is 20.9. The van der Waals surface area contributed by atoms with E-state index in [0.717, 1.165) is 61.6 Å². The van der Waals surface area contributed by atoms with Crippen molar-refractivity contribution in [3.05, 3.63) is 53.2 Å². The van der Waals surface area contributed by atoms with E-state index in [4.69, 9.17) is 0 Å². The summed E-state index contributed by atoms with van der Waals surface area (Å²) in [4.78, 5) is 9.19. The molecule has 0 atom stereocenters. The summed E-state index contributed by atoms with van der Waals surface area (Å²) in [5.74, 6) is 0.0382. The fourth-order valence-corrected chi connectivity index (χ4v) is 4.64. The number of piperidine rings is 1. The van der Waals surface area contributed by atoms with Crippen molar-refractivity contribution in [2.45, 2.75) is 32.6 Å². The second-order valence-corrected chi connectivity index (χ2v) is 9.44. The average molecular weight is 557 g/mol. The molecule has 3 aromatic heterocycles. The van der Waals surface area contributed by atoms with Gasteiger partial charge in [-0.1, -0.05) is 0 Å². The Bertz CT molecular complexity index is 1320. The van der Waals surface area contributed by atoms with Gasteiger partial charge < -0.3 is 9.80 Å². The van der Waals surface area contributed by atoms with Crippen molar-refractivity contribution in [3.63, 3.8) is 0 Å². The van der Waals surface area contributed by atoms with Crippen molar-refractivity contribution in [3.8, 4) is 11.3 Å². The largest absolute Gasteiger partial charge is 0.308 e. The molecule has 1 aromatic carbocycles. The minimum Gasteiger partial charge on any atom is -0.308 e. The minimum absolute atomic E-state index is 0.